The molecule has 0 radical (unpaired) electrons. The quantitative estimate of drug-likeness (QED) is 0.852. The van der Waals surface area contributed by atoms with E-state index in [-0.39, 0.29) is 6.04 Å². The first-order valence-electron chi connectivity index (χ1n) is 5.72. The summed E-state index contributed by atoms with van der Waals surface area (Å²) in [4.78, 5) is 12.5. The Kier molecular flexibility index (Phi) is 3.82. The lowest BCUT2D eigenvalue weighted by Crippen LogP contribution is -2.19. The van der Waals surface area contributed by atoms with Crippen LogP contribution in [-0.2, 0) is 13.0 Å². The fourth-order valence-electron chi connectivity index (χ4n) is 1.47. The Morgan fingerprint density at radius 2 is 2.18 bits per heavy atom. The van der Waals surface area contributed by atoms with Gasteiger partial charge in [0.2, 0.25) is 5.89 Å². The number of oxazole rings is 1. The van der Waals surface area contributed by atoms with Crippen LogP contribution in [0.5, 0.6) is 0 Å². The first-order valence-corrected chi connectivity index (χ1v) is 5.72. The molecule has 0 aromatic carbocycles. The van der Waals surface area contributed by atoms with E-state index in [4.69, 9.17) is 4.42 Å². The molecule has 0 fully saturated rings. The fraction of sp³-hybridized carbons (Fsp3) is 0.417. The molecule has 5 nitrogen and oxygen atoms in total. The summed E-state index contributed by atoms with van der Waals surface area (Å²) in [5, 5.41) is 3.29. The van der Waals surface area contributed by atoms with Gasteiger partial charge in [0.05, 0.1) is 18.4 Å². The number of hydrogen-bond donors (Lipinski definition) is 1. The third-order valence-electron chi connectivity index (χ3n) is 2.54. The van der Waals surface area contributed by atoms with E-state index in [1.54, 1.807) is 24.8 Å². The van der Waals surface area contributed by atoms with Gasteiger partial charge in [0.15, 0.2) is 0 Å². The van der Waals surface area contributed by atoms with Gasteiger partial charge in [-0.2, -0.15) is 0 Å². The number of aryl methyl sites for hydroxylation is 1. The SMILES string of the molecule is CCc1cnc(CNC(C)c2cnccn2)o1. The Bertz CT molecular complexity index is 455. The zero-order valence-electron chi connectivity index (χ0n) is 10.1. The maximum absolute atomic E-state index is 5.51. The highest BCUT2D eigenvalue weighted by atomic mass is 16.4. The summed E-state index contributed by atoms with van der Waals surface area (Å²) in [5.74, 6) is 1.62. The lowest BCUT2D eigenvalue weighted by molar-refractivity contribution is 0.422. The van der Waals surface area contributed by atoms with Gasteiger partial charge >= 0.3 is 0 Å². The molecule has 0 aliphatic heterocycles. The number of hydrogen-bond acceptors (Lipinski definition) is 5. The molecule has 1 N–H and O–H groups in total. The molecule has 0 aliphatic carbocycles. The van der Waals surface area contributed by atoms with Gasteiger partial charge in [0, 0.05) is 31.1 Å². The second-order valence-corrected chi connectivity index (χ2v) is 3.81. The highest BCUT2D eigenvalue weighted by Gasteiger charge is 2.08. The van der Waals surface area contributed by atoms with Crippen LogP contribution in [0.3, 0.4) is 0 Å². The van der Waals surface area contributed by atoms with Crippen molar-refractivity contribution in [3.8, 4) is 0 Å². The Hall–Kier alpha value is -1.75. The van der Waals surface area contributed by atoms with Gasteiger partial charge in [-0.3, -0.25) is 9.97 Å². The average Bonchev–Trinajstić information content (AvgIpc) is 2.85. The van der Waals surface area contributed by atoms with Crippen LogP contribution in [0, 0.1) is 0 Å². The third kappa shape index (κ3) is 3.10. The normalized spacial score (nSPS) is 12.6. The van der Waals surface area contributed by atoms with E-state index in [2.05, 4.69) is 20.3 Å². The molecule has 5 heteroatoms. The van der Waals surface area contributed by atoms with Gasteiger partial charge in [-0.05, 0) is 6.92 Å². The van der Waals surface area contributed by atoms with Crippen molar-refractivity contribution in [2.45, 2.75) is 32.9 Å². The second kappa shape index (κ2) is 5.54. The minimum absolute atomic E-state index is 0.126. The van der Waals surface area contributed by atoms with Crippen molar-refractivity contribution in [1.29, 1.82) is 0 Å². The highest BCUT2D eigenvalue weighted by molar-refractivity contribution is 5.01. The highest BCUT2D eigenvalue weighted by Crippen LogP contribution is 2.09. The summed E-state index contributed by atoms with van der Waals surface area (Å²) in [6, 6.07) is 0.126. The summed E-state index contributed by atoms with van der Waals surface area (Å²) in [7, 11) is 0. The van der Waals surface area contributed by atoms with E-state index in [1.807, 2.05) is 13.8 Å². The number of nitrogens with one attached hydrogen (secondary N) is 1. The van der Waals surface area contributed by atoms with Crippen molar-refractivity contribution >= 4 is 0 Å². The van der Waals surface area contributed by atoms with E-state index >= 15 is 0 Å². The first-order chi connectivity index (χ1) is 8.29. The molecule has 0 saturated carbocycles. The van der Waals surface area contributed by atoms with Crippen molar-refractivity contribution in [3.05, 3.63) is 42.1 Å². The molecule has 0 bridgehead atoms. The second-order valence-electron chi connectivity index (χ2n) is 3.81. The fourth-order valence-corrected chi connectivity index (χ4v) is 1.47. The summed E-state index contributed by atoms with van der Waals surface area (Å²) in [5.41, 5.74) is 0.912. The van der Waals surface area contributed by atoms with Crippen LogP contribution in [0.2, 0.25) is 0 Å². The molecule has 0 spiro atoms. The molecule has 17 heavy (non-hydrogen) atoms. The summed E-state index contributed by atoms with van der Waals surface area (Å²) >= 11 is 0. The monoisotopic (exact) mass is 232 g/mol. The lowest BCUT2D eigenvalue weighted by atomic mass is 10.2. The lowest BCUT2D eigenvalue weighted by Gasteiger charge is -2.10. The van der Waals surface area contributed by atoms with Gasteiger partial charge in [0.1, 0.15) is 5.76 Å². The molecular formula is C12H16N4O. The third-order valence-corrected chi connectivity index (χ3v) is 2.54. The molecule has 0 aliphatic rings. The summed E-state index contributed by atoms with van der Waals surface area (Å²) in [6.07, 6.45) is 7.74. The van der Waals surface area contributed by atoms with Crippen molar-refractivity contribution in [3.63, 3.8) is 0 Å². The van der Waals surface area contributed by atoms with E-state index in [1.165, 1.54) is 0 Å². The average molecular weight is 232 g/mol. The molecule has 0 saturated heterocycles. The van der Waals surface area contributed by atoms with Gasteiger partial charge in [-0.25, -0.2) is 4.98 Å². The largest absolute Gasteiger partial charge is 0.444 e. The van der Waals surface area contributed by atoms with Gasteiger partial charge in [0.25, 0.3) is 0 Å². The van der Waals surface area contributed by atoms with Crippen LogP contribution in [0.25, 0.3) is 0 Å². The van der Waals surface area contributed by atoms with Crippen LogP contribution < -0.4 is 5.32 Å². The maximum Gasteiger partial charge on any atom is 0.208 e. The van der Waals surface area contributed by atoms with Crippen LogP contribution >= 0.6 is 0 Å². The van der Waals surface area contributed by atoms with E-state index in [0.717, 1.165) is 17.9 Å². The van der Waals surface area contributed by atoms with Crippen molar-refractivity contribution in [1.82, 2.24) is 20.3 Å². The van der Waals surface area contributed by atoms with Crippen LogP contribution in [0.4, 0.5) is 0 Å². The van der Waals surface area contributed by atoms with Crippen molar-refractivity contribution < 1.29 is 4.42 Å². The number of rotatable bonds is 5. The predicted octanol–water partition coefficient (Wildman–Crippen LogP) is 1.88. The summed E-state index contributed by atoms with van der Waals surface area (Å²) < 4.78 is 5.51. The van der Waals surface area contributed by atoms with Crippen LogP contribution in [0.15, 0.2) is 29.2 Å². The molecule has 90 valence electrons. The maximum atomic E-state index is 5.51. The summed E-state index contributed by atoms with van der Waals surface area (Å²) in [6.45, 7) is 4.67. The molecule has 0 amide bonds. The zero-order chi connectivity index (χ0) is 12.1. The van der Waals surface area contributed by atoms with E-state index < -0.39 is 0 Å². The first kappa shape index (κ1) is 11.7. The van der Waals surface area contributed by atoms with Crippen LogP contribution in [0.1, 0.15) is 37.2 Å². The predicted molar refractivity (Wildman–Crippen MR) is 63.2 cm³/mol. The van der Waals surface area contributed by atoms with Gasteiger partial charge < -0.3 is 9.73 Å². The Labute approximate surface area is 100 Å². The standard InChI is InChI=1S/C12H16N4O/c1-3-10-6-16-12(17-10)8-15-9(2)11-7-13-4-5-14-11/h4-7,9,15H,3,8H2,1-2H3. The molecule has 1 unspecified atom stereocenters. The smallest absolute Gasteiger partial charge is 0.208 e. The van der Waals surface area contributed by atoms with Crippen LogP contribution in [-0.4, -0.2) is 15.0 Å². The molecule has 2 aromatic rings. The molecule has 2 aromatic heterocycles. The minimum atomic E-state index is 0.126. The molecule has 2 heterocycles. The molecule has 1 atom stereocenters. The van der Waals surface area contributed by atoms with Crippen molar-refractivity contribution in [2.24, 2.45) is 0 Å². The minimum Gasteiger partial charge on any atom is -0.444 e. The van der Waals surface area contributed by atoms with Gasteiger partial charge in [-0.1, -0.05) is 6.92 Å². The topological polar surface area (TPSA) is 63.8 Å². The number of nitrogens with zero attached hydrogens (tertiary/aromatic N) is 3. The van der Waals surface area contributed by atoms with Gasteiger partial charge in [-0.15, -0.1) is 0 Å². The van der Waals surface area contributed by atoms with E-state index in [0.29, 0.717) is 12.4 Å². The molecular weight excluding hydrogens is 216 g/mol. The zero-order valence-corrected chi connectivity index (χ0v) is 10.1. The van der Waals surface area contributed by atoms with E-state index in [9.17, 15) is 0 Å². The Morgan fingerprint density at radius 3 is 2.82 bits per heavy atom. The number of aromatic nitrogens is 3. The molecule has 2 rings (SSSR count). The Balaban J connectivity index is 1.90. The Morgan fingerprint density at radius 1 is 1.29 bits per heavy atom. The van der Waals surface area contributed by atoms with Crippen molar-refractivity contribution in [2.75, 3.05) is 0 Å².